The van der Waals surface area contributed by atoms with Gasteiger partial charge in [-0.3, -0.25) is 4.79 Å². The topological polar surface area (TPSA) is 75.8 Å². The molecule has 0 radical (unpaired) electrons. The molecule has 5 nitrogen and oxygen atoms in total. The van der Waals surface area contributed by atoms with Crippen LogP contribution in [0.2, 0.25) is 0 Å². The minimum atomic E-state index is -0.378. The minimum absolute atomic E-state index is 0. The van der Waals surface area contributed by atoms with E-state index in [2.05, 4.69) is 0 Å². The predicted octanol–water partition coefficient (Wildman–Crippen LogP) is 0.144. The Morgan fingerprint density at radius 1 is 1.59 bits per heavy atom. The summed E-state index contributed by atoms with van der Waals surface area (Å²) in [6.45, 7) is 2.75. The van der Waals surface area contributed by atoms with E-state index >= 15 is 0 Å². The third-order valence-electron chi connectivity index (χ3n) is 2.90. The SMILES string of the molecule is CC(O)CCN(C)C(=O)[C@@H]1CC[C@H](CN)O1.Cl. The average molecular weight is 267 g/mol. The first kappa shape index (κ1) is 16.6. The molecule has 17 heavy (non-hydrogen) atoms. The van der Waals surface area contributed by atoms with Crippen LogP contribution in [0.1, 0.15) is 26.2 Å². The number of rotatable bonds is 5. The molecule has 1 heterocycles. The van der Waals surface area contributed by atoms with Crippen LogP contribution < -0.4 is 5.73 Å². The molecule has 0 aromatic carbocycles. The highest BCUT2D eigenvalue weighted by atomic mass is 35.5. The number of amides is 1. The van der Waals surface area contributed by atoms with E-state index in [9.17, 15) is 4.79 Å². The summed E-state index contributed by atoms with van der Waals surface area (Å²) >= 11 is 0. The molecule has 0 aromatic heterocycles. The molecule has 1 rings (SSSR count). The van der Waals surface area contributed by atoms with Gasteiger partial charge in [-0.25, -0.2) is 0 Å². The molecule has 0 aromatic rings. The van der Waals surface area contributed by atoms with Crippen LogP contribution in [0.25, 0.3) is 0 Å². The lowest BCUT2D eigenvalue weighted by Crippen LogP contribution is -2.38. The van der Waals surface area contributed by atoms with Gasteiger partial charge < -0.3 is 20.5 Å². The number of hydrogen-bond acceptors (Lipinski definition) is 4. The van der Waals surface area contributed by atoms with Gasteiger partial charge in [0.25, 0.3) is 5.91 Å². The molecule has 102 valence electrons. The van der Waals surface area contributed by atoms with Crippen molar-refractivity contribution in [1.29, 1.82) is 0 Å². The van der Waals surface area contributed by atoms with E-state index in [-0.39, 0.29) is 36.6 Å². The van der Waals surface area contributed by atoms with Gasteiger partial charge in [-0.05, 0) is 26.2 Å². The first-order valence-corrected chi connectivity index (χ1v) is 5.83. The van der Waals surface area contributed by atoms with Crippen molar-refractivity contribution in [3.05, 3.63) is 0 Å². The number of ether oxygens (including phenoxy) is 1. The Hall–Kier alpha value is -0.360. The molecule has 0 saturated carbocycles. The van der Waals surface area contributed by atoms with E-state index in [4.69, 9.17) is 15.6 Å². The Kier molecular flexibility index (Phi) is 7.70. The quantitative estimate of drug-likeness (QED) is 0.742. The minimum Gasteiger partial charge on any atom is -0.393 e. The zero-order valence-corrected chi connectivity index (χ0v) is 11.3. The first-order chi connectivity index (χ1) is 7.54. The third-order valence-corrected chi connectivity index (χ3v) is 2.90. The van der Waals surface area contributed by atoms with Gasteiger partial charge in [0, 0.05) is 20.1 Å². The largest absolute Gasteiger partial charge is 0.393 e. The molecule has 1 amide bonds. The number of carbonyl (C=O) groups is 1. The smallest absolute Gasteiger partial charge is 0.251 e. The zero-order valence-electron chi connectivity index (χ0n) is 10.5. The molecular weight excluding hydrogens is 244 g/mol. The summed E-state index contributed by atoms with van der Waals surface area (Å²) in [7, 11) is 1.74. The maximum atomic E-state index is 11.9. The van der Waals surface area contributed by atoms with Crippen LogP contribution in [0.4, 0.5) is 0 Å². The van der Waals surface area contributed by atoms with Crippen LogP contribution in [-0.4, -0.2) is 54.4 Å². The Labute approximate surface area is 109 Å². The number of nitrogens with two attached hydrogens (primary N) is 1. The summed E-state index contributed by atoms with van der Waals surface area (Å²) in [5.41, 5.74) is 5.49. The Morgan fingerprint density at radius 2 is 2.24 bits per heavy atom. The van der Waals surface area contributed by atoms with Gasteiger partial charge >= 0.3 is 0 Å². The summed E-state index contributed by atoms with van der Waals surface area (Å²) in [5, 5.41) is 9.14. The van der Waals surface area contributed by atoms with Crippen LogP contribution in [0, 0.1) is 0 Å². The number of nitrogens with zero attached hydrogens (tertiary/aromatic N) is 1. The van der Waals surface area contributed by atoms with Crippen molar-refractivity contribution in [2.75, 3.05) is 20.1 Å². The summed E-state index contributed by atoms with van der Waals surface area (Å²) in [6, 6.07) is 0. The summed E-state index contributed by atoms with van der Waals surface area (Å²) in [4.78, 5) is 13.5. The van der Waals surface area contributed by atoms with Crippen LogP contribution in [0.3, 0.4) is 0 Å². The fraction of sp³-hybridized carbons (Fsp3) is 0.909. The lowest BCUT2D eigenvalue weighted by atomic mass is 10.1. The van der Waals surface area contributed by atoms with E-state index in [1.807, 2.05) is 0 Å². The zero-order chi connectivity index (χ0) is 12.1. The summed E-state index contributed by atoms with van der Waals surface area (Å²) < 4.78 is 5.52. The third kappa shape index (κ3) is 5.21. The Bertz CT molecular complexity index is 239. The van der Waals surface area contributed by atoms with E-state index in [1.54, 1.807) is 18.9 Å². The first-order valence-electron chi connectivity index (χ1n) is 5.83. The number of hydrogen-bond donors (Lipinski definition) is 2. The van der Waals surface area contributed by atoms with Gasteiger partial charge in [0.05, 0.1) is 12.2 Å². The van der Waals surface area contributed by atoms with Crippen LogP contribution in [0.15, 0.2) is 0 Å². The van der Waals surface area contributed by atoms with Gasteiger partial charge in [0.15, 0.2) is 0 Å². The predicted molar refractivity (Wildman–Crippen MR) is 68.1 cm³/mol. The number of likely N-dealkylation sites (N-methyl/N-ethyl adjacent to an activating group) is 1. The van der Waals surface area contributed by atoms with Crippen molar-refractivity contribution in [3.8, 4) is 0 Å². The van der Waals surface area contributed by atoms with Gasteiger partial charge in [0.2, 0.25) is 0 Å². The maximum Gasteiger partial charge on any atom is 0.251 e. The van der Waals surface area contributed by atoms with Gasteiger partial charge in [-0.2, -0.15) is 0 Å². The van der Waals surface area contributed by atoms with E-state index < -0.39 is 0 Å². The normalized spacial score (nSPS) is 25.2. The monoisotopic (exact) mass is 266 g/mol. The average Bonchev–Trinajstić information content (AvgIpc) is 2.73. The van der Waals surface area contributed by atoms with Crippen molar-refractivity contribution in [2.24, 2.45) is 5.73 Å². The van der Waals surface area contributed by atoms with Gasteiger partial charge in [-0.1, -0.05) is 0 Å². The van der Waals surface area contributed by atoms with Crippen molar-refractivity contribution in [3.63, 3.8) is 0 Å². The molecule has 1 fully saturated rings. The van der Waals surface area contributed by atoms with Crippen molar-refractivity contribution in [2.45, 2.75) is 44.5 Å². The Balaban J connectivity index is 0.00000256. The van der Waals surface area contributed by atoms with Crippen molar-refractivity contribution < 1.29 is 14.6 Å². The molecular formula is C11H23ClN2O3. The molecule has 0 aliphatic carbocycles. The van der Waals surface area contributed by atoms with Gasteiger partial charge in [0.1, 0.15) is 6.10 Å². The van der Waals surface area contributed by atoms with E-state index in [1.165, 1.54) is 0 Å². The van der Waals surface area contributed by atoms with Crippen LogP contribution in [0.5, 0.6) is 0 Å². The number of carbonyl (C=O) groups excluding carboxylic acids is 1. The molecule has 0 spiro atoms. The molecule has 3 N–H and O–H groups in total. The fourth-order valence-electron chi connectivity index (χ4n) is 1.80. The molecule has 3 atom stereocenters. The van der Waals surface area contributed by atoms with Crippen molar-refractivity contribution in [1.82, 2.24) is 4.90 Å². The second kappa shape index (κ2) is 7.87. The van der Waals surface area contributed by atoms with Crippen molar-refractivity contribution >= 4 is 18.3 Å². The molecule has 6 heteroatoms. The summed E-state index contributed by atoms with van der Waals surface area (Å²) in [5.74, 6) is -0.00315. The number of halogens is 1. The Morgan fingerprint density at radius 3 is 2.71 bits per heavy atom. The van der Waals surface area contributed by atoms with Crippen LogP contribution >= 0.6 is 12.4 Å². The second-order valence-electron chi connectivity index (χ2n) is 4.46. The molecule has 1 unspecified atom stereocenters. The highest BCUT2D eigenvalue weighted by Crippen LogP contribution is 2.20. The fourth-order valence-corrected chi connectivity index (χ4v) is 1.80. The maximum absolute atomic E-state index is 11.9. The van der Waals surface area contributed by atoms with Crippen LogP contribution in [-0.2, 0) is 9.53 Å². The highest BCUT2D eigenvalue weighted by molar-refractivity contribution is 5.85. The van der Waals surface area contributed by atoms with E-state index in [0.717, 1.165) is 12.8 Å². The molecule has 0 bridgehead atoms. The molecule has 1 aliphatic rings. The lowest BCUT2D eigenvalue weighted by molar-refractivity contribution is -0.141. The lowest BCUT2D eigenvalue weighted by Gasteiger charge is -2.21. The number of aliphatic hydroxyl groups excluding tert-OH is 1. The standard InChI is InChI=1S/C11H22N2O3.ClH/c1-8(14)5-6-13(2)11(15)10-4-3-9(7-12)16-10;/h8-10,14H,3-7,12H2,1-2H3;1H/t8?,9-,10+;/m1./s1. The summed E-state index contributed by atoms with van der Waals surface area (Å²) in [6.07, 6.45) is 1.51. The van der Waals surface area contributed by atoms with Gasteiger partial charge in [-0.15, -0.1) is 12.4 Å². The molecule has 1 aliphatic heterocycles. The highest BCUT2D eigenvalue weighted by Gasteiger charge is 2.31. The molecule has 1 saturated heterocycles. The second-order valence-corrected chi connectivity index (χ2v) is 4.46. The van der Waals surface area contributed by atoms with E-state index in [0.29, 0.717) is 19.5 Å². The number of aliphatic hydroxyl groups is 1.